The normalized spacial score (nSPS) is 12.4. The van der Waals surface area contributed by atoms with Gasteiger partial charge in [0.1, 0.15) is 6.04 Å². The number of primary amides is 1. The minimum atomic E-state index is -1.23. The SMILES string of the molecule is CC(C)c1ccc(C(C(N)=O)N(CC(=O)O)CC(=O)O)cc1. The lowest BCUT2D eigenvalue weighted by Crippen LogP contribution is -2.43. The molecule has 4 N–H and O–H groups in total. The second kappa shape index (κ2) is 7.56. The molecule has 0 saturated carbocycles. The first-order valence-electron chi connectivity index (χ1n) is 6.79. The summed E-state index contributed by atoms with van der Waals surface area (Å²) in [6.45, 7) is 2.85. The van der Waals surface area contributed by atoms with E-state index in [0.29, 0.717) is 11.5 Å². The Morgan fingerprint density at radius 1 is 1.00 bits per heavy atom. The van der Waals surface area contributed by atoms with Crippen molar-refractivity contribution in [2.75, 3.05) is 13.1 Å². The number of amides is 1. The third-order valence-electron chi connectivity index (χ3n) is 3.23. The van der Waals surface area contributed by atoms with Crippen molar-refractivity contribution >= 4 is 17.8 Å². The molecule has 1 aromatic rings. The van der Waals surface area contributed by atoms with E-state index in [2.05, 4.69) is 0 Å². The first-order valence-corrected chi connectivity index (χ1v) is 6.79. The maximum Gasteiger partial charge on any atom is 0.317 e. The standard InChI is InChI=1S/C15H20N2O5/c1-9(2)10-3-5-11(6-4-10)14(15(16)22)17(7-12(18)19)8-13(20)21/h3-6,9,14H,7-8H2,1-2H3,(H2,16,22)(H,18,19)(H,20,21). The number of rotatable bonds is 8. The monoisotopic (exact) mass is 308 g/mol. The van der Waals surface area contributed by atoms with Crippen LogP contribution in [0.2, 0.25) is 0 Å². The Kier molecular flexibility index (Phi) is 6.06. The van der Waals surface area contributed by atoms with Crippen LogP contribution >= 0.6 is 0 Å². The first kappa shape index (κ1) is 17.6. The molecule has 1 unspecified atom stereocenters. The Balaban J connectivity index is 3.15. The molecule has 1 amide bonds. The van der Waals surface area contributed by atoms with Gasteiger partial charge in [-0.1, -0.05) is 38.1 Å². The number of benzene rings is 1. The minimum Gasteiger partial charge on any atom is -0.480 e. The number of hydrogen-bond donors (Lipinski definition) is 3. The van der Waals surface area contributed by atoms with Gasteiger partial charge < -0.3 is 15.9 Å². The van der Waals surface area contributed by atoms with E-state index in [1.54, 1.807) is 12.1 Å². The van der Waals surface area contributed by atoms with Crippen LogP contribution in [0.4, 0.5) is 0 Å². The molecule has 0 aliphatic heterocycles. The van der Waals surface area contributed by atoms with Crippen LogP contribution in [0.15, 0.2) is 24.3 Å². The molecule has 0 saturated heterocycles. The van der Waals surface area contributed by atoms with Crippen molar-refractivity contribution in [3.8, 4) is 0 Å². The molecule has 0 bridgehead atoms. The third-order valence-corrected chi connectivity index (χ3v) is 3.23. The molecule has 7 nitrogen and oxygen atoms in total. The fourth-order valence-electron chi connectivity index (χ4n) is 2.20. The van der Waals surface area contributed by atoms with Gasteiger partial charge in [-0.15, -0.1) is 0 Å². The van der Waals surface area contributed by atoms with Crippen molar-refractivity contribution in [1.29, 1.82) is 0 Å². The van der Waals surface area contributed by atoms with Crippen molar-refractivity contribution < 1.29 is 24.6 Å². The number of carboxylic acid groups (broad SMARTS) is 2. The summed E-state index contributed by atoms with van der Waals surface area (Å²) >= 11 is 0. The average Bonchev–Trinajstić information content (AvgIpc) is 2.37. The molecule has 120 valence electrons. The van der Waals surface area contributed by atoms with Gasteiger partial charge in [0.15, 0.2) is 0 Å². The van der Waals surface area contributed by atoms with Gasteiger partial charge in [-0.05, 0) is 17.0 Å². The molecular weight excluding hydrogens is 288 g/mol. The van der Waals surface area contributed by atoms with Gasteiger partial charge in [-0.25, -0.2) is 0 Å². The number of carboxylic acids is 2. The molecule has 0 heterocycles. The van der Waals surface area contributed by atoms with Crippen molar-refractivity contribution in [2.24, 2.45) is 5.73 Å². The van der Waals surface area contributed by atoms with Crippen LogP contribution in [0.25, 0.3) is 0 Å². The summed E-state index contributed by atoms with van der Waals surface area (Å²) in [5, 5.41) is 17.8. The first-order chi connectivity index (χ1) is 10.2. The Bertz CT molecular complexity index is 538. The van der Waals surface area contributed by atoms with E-state index in [9.17, 15) is 14.4 Å². The summed E-state index contributed by atoms with van der Waals surface area (Å²) in [5.41, 5.74) is 6.88. The van der Waals surface area contributed by atoms with Crippen molar-refractivity contribution in [2.45, 2.75) is 25.8 Å². The minimum absolute atomic E-state index is 0.301. The summed E-state index contributed by atoms with van der Waals surface area (Å²) in [6, 6.07) is 5.86. The van der Waals surface area contributed by atoms with E-state index in [0.717, 1.165) is 10.5 Å². The van der Waals surface area contributed by atoms with E-state index in [-0.39, 0.29) is 0 Å². The maximum atomic E-state index is 11.7. The molecule has 0 fully saturated rings. The fraction of sp³-hybridized carbons (Fsp3) is 0.400. The van der Waals surface area contributed by atoms with E-state index < -0.39 is 37.0 Å². The van der Waals surface area contributed by atoms with E-state index in [4.69, 9.17) is 15.9 Å². The average molecular weight is 308 g/mol. The summed E-state index contributed by atoms with van der Waals surface area (Å²) in [5.74, 6) is -2.95. The molecule has 0 aliphatic rings. The van der Waals surface area contributed by atoms with Crippen LogP contribution in [0.1, 0.15) is 36.9 Å². The summed E-state index contributed by atoms with van der Waals surface area (Å²) in [7, 11) is 0. The zero-order valence-corrected chi connectivity index (χ0v) is 12.5. The largest absolute Gasteiger partial charge is 0.480 e. The van der Waals surface area contributed by atoms with E-state index in [1.807, 2.05) is 26.0 Å². The van der Waals surface area contributed by atoms with Crippen molar-refractivity contribution in [1.82, 2.24) is 4.90 Å². The maximum absolute atomic E-state index is 11.7. The van der Waals surface area contributed by atoms with Crippen molar-refractivity contribution in [3.63, 3.8) is 0 Å². The van der Waals surface area contributed by atoms with Crippen LogP contribution in [0, 0.1) is 0 Å². The lowest BCUT2D eigenvalue weighted by molar-refractivity contribution is -0.143. The van der Waals surface area contributed by atoms with E-state index in [1.165, 1.54) is 0 Å². The molecule has 1 rings (SSSR count). The van der Waals surface area contributed by atoms with Gasteiger partial charge in [-0.3, -0.25) is 19.3 Å². The highest BCUT2D eigenvalue weighted by Crippen LogP contribution is 2.23. The number of carbonyl (C=O) groups excluding carboxylic acids is 1. The predicted octanol–water partition coefficient (Wildman–Crippen LogP) is 0.808. The highest BCUT2D eigenvalue weighted by molar-refractivity contribution is 5.83. The lowest BCUT2D eigenvalue weighted by atomic mass is 9.98. The highest BCUT2D eigenvalue weighted by atomic mass is 16.4. The Labute approximate surface area is 128 Å². The highest BCUT2D eigenvalue weighted by Gasteiger charge is 2.29. The second-order valence-corrected chi connectivity index (χ2v) is 5.32. The Morgan fingerprint density at radius 3 is 1.73 bits per heavy atom. The molecule has 1 aromatic carbocycles. The molecule has 0 aliphatic carbocycles. The molecule has 7 heteroatoms. The molecule has 0 spiro atoms. The molecule has 0 aromatic heterocycles. The molecule has 0 radical (unpaired) electrons. The van der Waals surface area contributed by atoms with Gasteiger partial charge >= 0.3 is 11.9 Å². The van der Waals surface area contributed by atoms with Crippen molar-refractivity contribution in [3.05, 3.63) is 35.4 Å². The topological polar surface area (TPSA) is 121 Å². The van der Waals surface area contributed by atoms with Crippen LogP contribution in [0.3, 0.4) is 0 Å². The number of carbonyl (C=O) groups is 3. The summed E-state index contributed by atoms with van der Waals surface area (Å²) in [6.07, 6.45) is 0. The van der Waals surface area contributed by atoms with Gasteiger partial charge in [0.05, 0.1) is 13.1 Å². The van der Waals surface area contributed by atoms with Gasteiger partial charge in [0.25, 0.3) is 0 Å². The van der Waals surface area contributed by atoms with Crippen LogP contribution < -0.4 is 5.73 Å². The van der Waals surface area contributed by atoms with Crippen LogP contribution in [0.5, 0.6) is 0 Å². The summed E-state index contributed by atoms with van der Waals surface area (Å²) in [4.78, 5) is 34.6. The fourth-order valence-corrected chi connectivity index (χ4v) is 2.20. The second-order valence-electron chi connectivity index (χ2n) is 5.32. The van der Waals surface area contributed by atoms with Gasteiger partial charge in [0.2, 0.25) is 5.91 Å². The Hall–Kier alpha value is -2.41. The predicted molar refractivity (Wildman–Crippen MR) is 79.3 cm³/mol. The van der Waals surface area contributed by atoms with Gasteiger partial charge in [0, 0.05) is 0 Å². The molecule has 1 atom stereocenters. The Morgan fingerprint density at radius 2 is 1.41 bits per heavy atom. The summed E-state index contributed by atoms with van der Waals surface area (Å²) < 4.78 is 0. The molecular formula is C15H20N2O5. The number of hydrogen-bond acceptors (Lipinski definition) is 4. The quantitative estimate of drug-likeness (QED) is 0.653. The van der Waals surface area contributed by atoms with Gasteiger partial charge in [-0.2, -0.15) is 0 Å². The van der Waals surface area contributed by atoms with Crippen LogP contribution in [-0.4, -0.2) is 46.0 Å². The van der Waals surface area contributed by atoms with E-state index >= 15 is 0 Å². The number of aliphatic carboxylic acids is 2. The van der Waals surface area contributed by atoms with Crippen LogP contribution in [-0.2, 0) is 14.4 Å². The molecule has 22 heavy (non-hydrogen) atoms. The third kappa shape index (κ3) is 4.85. The zero-order chi connectivity index (χ0) is 16.9. The lowest BCUT2D eigenvalue weighted by Gasteiger charge is -2.27. The smallest absolute Gasteiger partial charge is 0.317 e. The number of nitrogens with two attached hydrogens (primary N) is 1. The number of nitrogens with zero attached hydrogens (tertiary/aromatic N) is 1. The zero-order valence-electron chi connectivity index (χ0n) is 12.5.